The maximum Gasteiger partial charge on any atom is 0.472 e. The van der Waals surface area contributed by atoms with Crippen molar-refractivity contribution in [3.05, 3.63) is 24.3 Å². The fraction of sp³-hybridized carbons (Fsp3) is 0.891. The molecular formula is C55H107NO8P+. The molecule has 0 rings (SSSR count). The molecule has 1 N–H and O–H groups in total. The Morgan fingerprint density at radius 2 is 0.815 bits per heavy atom. The van der Waals surface area contributed by atoms with E-state index < -0.39 is 26.5 Å². The molecule has 0 spiro atoms. The first-order chi connectivity index (χ1) is 31.5. The van der Waals surface area contributed by atoms with Crippen LogP contribution in [0, 0.1) is 0 Å². The van der Waals surface area contributed by atoms with Gasteiger partial charge in [-0.05, 0) is 44.9 Å². The first kappa shape index (κ1) is 63.5. The highest BCUT2D eigenvalue weighted by atomic mass is 31.2. The van der Waals surface area contributed by atoms with Crippen molar-refractivity contribution >= 4 is 19.8 Å². The average Bonchev–Trinajstić information content (AvgIpc) is 3.26. The van der Waals surface area contributed by atoms with Crippen molar-refractivity contribution in [1.29, 1.82) is 0 Å². The van der Waals surface area contributed by atoms with E-state index in [1.54, 1.807) is 0 Å². The van der Waals surface area contributed by atoms with Crippen LogP contribution in [-0.2, 0) is 32.7 Å². The molecule has 1 unspecified atom stereocenters. The van der Waals surface area contributed by atoms with Gasteiger partial charge in [-0.25, -0.2) is 4.57 Å². The van der Waals surface area contributed by atoms with Crippen molar-refractivity contribution in [3.8, 4) is 0 Å². The molecule has 9 nitrogen and oxygen atoms in total. The number of phosphoric acid groups is 1. The number of nitrogens with zero attached hydrogens (tertiary/aromatic N) is 1. The van der Waals surface area contributed by atoms with Crippen molar-refractivity contribution in [2.24, 2.45) is 0 Å². The SMILES string of the molecule is CCCCCCCCCCCCCCCC/C=C/CC/C=C/CCCC(=O)O[C@H](COC(=O)CCCCCCCCCCCCCCCCCCCC)COP(=O)(O)OCC[N+](C)(C)C. The van der Waals surface area contributed by atoms with E-state index >= 15 is 0 Å². The molecule has 10 heteroatoms. The van der Waals surface area contributed by atoms with Crippen LogP contribution in [0.25, 0.3) is 0 Å². The molecule has 65 heavy (non-hydrogen) atoms. The van der Waals surface area contributed by atoms with Gasteiger partial charge in [-0.3, -0.25) is 18.6 Å². The Balaban J connectivity index is 4.23. The maximum atomic E-state index is 12.8. The number of carbonyl (C=O) groups is 2. The maximum absolute atomic E-state index is 12.8. The molecule has 0 saturated heterocycles. The number of hydrogen-bond acceptors (Lipinski definition) is 7. The molecule has 0 aliphatic carbocycles. The third-order valence-corrected chi connectivity index (χ3v) is 13.2. The van der Waals surface area contributed by atoms with Crippen LogP contribution >= 0.6 is 7.82 Å². The smallest absolute Gasteiger partial charge is 0.462 e. The van der Waals surface area contributed by atoms with Crippen molar-refractivity contribution < 1.29 is 42.1 Å². The minimum Gasteiger partial charge on any atom is -0.462 e. The number of likely N-dealkylation sites (N-methyl/N-ethyl adjacent to an activating group) is 1. The zero-order valence-corrected chi connectivity index (χ0v) is 44.4. The predicted octanol–water partition coefficient (Wildman–Crippen LogP) is 16.6. The fourth-order valence-electron chi connectivity index (χ4n) is 7.92. The predicted molar refractivity (Wildman–Crippen MR) is 275 cm³/mol. The zero-order chi connectivity index (χ0) is 47.8. The Labute approximate surface area is 402 Å². The van der Waals surface area contributed by atoms with E-state index in [4.69, 9.17) is 18.5 Å². The number of allylic oxidation sites excluding steroid dienone is 4. The standard InChI is InChI=1S/C55H106NO8P/c1-6-8-10-12-14-16-18-20-22-24-26-27-28-29-30-32-34-36-38-40-42-44-46-48-55(58)64-53(52-63-65(59,60)62-50-49-56(3,4)5)51-61-54(57)47-45-43-41-39-37-35-33-31-25-23-21-19-17-15-13-11-9-7-2/h32,34,40,42,53H,6-31,33,35-39,41,43-52H2,1-5H3/p+1/b34-32+,42-40+/t53-/m1/s1. The van der Waals surface area contributed by atoms with Gasteiger partial charge in [0.15, 0.2) is 6.10 Å². The summed E-state index contributed by atoms with van der Waals surface area (Å²) >= 11 is 0. The second kappa shape index (κ2) is 47.6. The van der Waals surface area contributed by atoms with Gasteiger partial charge in [-0.15, -0.1) is 0 Å². The van der Waals surface area contributed by atoms with Gasteiger partial charge in [0.05, 0.1) is 27.7 Å². The highest BCUT2D eigenvalue weighted by Crippen LogP contribution is 2.43. The van der Waals surface area contributed by atoms with Crippen molar-refractivity contribution in [2.45, 2.75) is 270 Å². The van der Waals surface area contributed by atoms with Crippen LogP contribution in [0.3, 0.4) is 0 Å². The number of quaternary nitrogens is 1. The van der Waals surface area contributed by atoms with Crippen LogP contribution < -0.4 is 0 Å². The lowest BCUT2D eigenvalue weighted by Crippen LogP contribution is -2.37. The second-order valence-electron chi connectivity index (χ2n) is 20.0. The first-order valence-electron chi connectivity index (χ1n) is 27.6. The molecule has 0 amide bonds. The van der Waals surface area contributed by atoms with Crippen LogP contribution in [-0.4, -0.2) is 74.9 Å². The van der Waals surface area contributed by atoms with Gasteiger partial charge in [0.25, 0.3) is 0 Å². The summed E-state index contributed by atoms with van der Waals surface area (Å²) in [5.41, 5.74) is 0. The highest BCUT2D eigenvalue weighted by molar-refractivity contribution is 7.47. The van der Waals surface area contributed by atoms with E-state index in [1.165, 1.54) is 186 Å². The summed E-state index contributed by atoms with van der Waals surface area (Å²) in [5.74, 6) is -0.833. The van der Waals surface area contributed by atoms with Crippen LogP contribution in [0.4, 0.5) is 0 Å². The molecule has 0 aromatic carbocycles. The monoisotopic (exact) mass is 941 g/mol. The topological polar surface area (TPSA) is 108 Å². The number of rotatable bonds is 51. The Kier molecular flexibility index (Phi) is 46.4. The van der Waals surface area contributed by atoms with E-state index in [9.17, 15) is 19.0 Å². The fourth-order valence-corrected chi connectivity index (χ4v) is 8.66. The average molecular weight is 941 g/mol. The van der Waals surface area contributed by atoms with Crippen LogP contribution in [0.2, 0.25) is 0 Å². The van der Waals surface area contributed by atoms with Crippen molar-refractivity contribution in [1.82, 2.24) is 0 Å². The second-order valence-corrected chi connectivity index (χ2v) is 21.4. The number of esters is 2. The van der Waals surface area contributed by atoms with E-state index in [2.05, 4.69) is 38.2 Å². The normalized spacial score (nSPS) is 13.5. The Hall–Kier alpha value is -1.51. The summed E-state index contributed by atoms with van der Waals surface area (Å²) in [7, 11) is 1.47. The lowest BCUT2D eigenvalue weighted by molar-refractivity contribution is -0.870. The van der Waals surface area contributed by atoms with E-state index in [1.807, 2.05) is 21.1 Å². The molecule has 0 aromatic rings. The summed E-state index contributed by atoms with van der Waals surface area (Å²) in [5, 5.41) is 0. The van der Waals surface area contributed by atoms with Crippen LogP contribution in [0.1, 0.15) is 264 Å². The summed E-state index contributed by atoms with van der Waals surface area (Å²) < 4.78 is 34.5. The van der Waals surface area contributed by atoms with Gasteiger partial charge in [0.1, 0.15) is 19.8 Å². The number of unbranched alkanes of at least 4 members (excludes halogenated alkanes) is 33. The molecule has 0 fully saturated rings. The molecule has 0 aliphatic rings. The molecule has 0 aliphatic heterocycles. The van der Waals surface area contributed by atoms with Crippen molar-refractivity contribution in [2.75, 3.05) is 47.5 Å². The summed E-state index contributed by atoms with van der Waals surface area (Å²) in [6, 6.07) is 0. The van der Waals surface area contributed by atoms with Gasteiger partial charge in [0.2, 0.25) is 0 Å². The minimum absolute atomic E-state index is 0.0272. The molecule has 0 aromatic heterocycles. The molecule has 0 bridgehead atoms. The van der Waals surface area contributed by atoms with E-state index in [-0.39, 0.29) is 32.0 Å². The molecule has 0 saturated carbocycles. The quantitative estimate of drug-likeness (QED) is 0.0211. The van der Waals surface area contributed by atoms with E-state index in [0.717, 1.165) is 44.9 Å². The molecule has 0 heterocycles. The Bertz CT molecular complexity index is 1150. The van der Waals surface area contributed by atoms with Crippen LogP contribution in [0.15, 0.2) is 24.3 Å². The van der Waals surface area contributed by atoms with Gasteiger partial charge >= 0.3 is 19.8 Å². The van der Waals surface area contributed by atoms with Gasteiger partial charge in [-0.1, -0.05) is 231 Å². The molecule has 2 atom stereocenters. The number of hydrogen-bond donors (Lipinski definition) is 1. The zero-order valence-electron chi connectivity index (χ0n) is 43.5. The number of carbonyl (C=O) groups excluding carboxylic acids is 2. The molecule has 0 radical (unpaired) electrons. The van der Waals surface area contributed by atoms with Gasteiger partial charge in [-0.2, -0.15) is 0 Å². The van der Waals surface area contributed by atoms with Gasteiger partial charge in [0, 0.05) is 12.8 Å². The van der Waals surface area contributed by atoms with Crippen molar-refractivity contribution in [3.63, 3.8) is 0 Å². The lowest BCUT2D eigenvalue weighted by atomic mass is 10.0. The summed E-state index contributed by atoms with van der Waals surface area (Å²) in [4.78, 5) is 35.6. The number of phosphoric ester groups is 1. The highest BCUT2D eigenvalue weighted by Gasteiger charge is 2.27. The Morgan fingerprint density at radius 3 is 1.23 bits per heavy atom. The third-order valence-electron chi connectivity index (χ3n) is 12.2. The van der Waals surface area contributed by atoms with Crippen LogP contribution in [0.5, 0.6) is 0 Å². The molecular weight excluding hydrogens is 834 g/mol. The first-order valence-corrected chi connectivity index (χ1v) is 29.1. The third kappa shape index (κ3) is 51.7. The molecule has 384 valence electrons. The van der Waals surface area contributed by atoms with Gasteiger partial charge < -0.3 is 18.9 Å². The minimum atomic E-state index is -4.39. The summed E-state index contributed by atoms with van der Waals surface area (Å²) in [6.45, 7) is 4.44. The van der Waals surface area contributed by atoms with E-state index in [0.29, 0.717) is 17.4 Å². The summed E-state index contributed by atoms with van der Waals surface area (Å²) in [6.07, 6.45) is 55.4. The largest absolute Gasteiger partial charge is 0.472 e. The lowest BCUT2D eigenvalue weighted by Gasteiger charge is -2.24. The Morgan fingerprint density at radius 1 is 0.462 bits per heavy atom. The number of ether oxygens (including phenoxy) is 2.